The molecule has 1 saturated carbocycles. The molecule has 0 heterocycles. The summed E-state index contributed by atoms with van der Waals surface area (Å²) in [7, 11) is -3.38. The number of ether oxygens (including phenoxy) is 1. The minimum Gasteiger partial charge on any atom is -0.408 e. The molecule has 92 valence electrons. The molecule has 3 N–H and O–H groups in total. The summed E-state index contributed by atoms with van der Waals surface area (Å²) >= 11 is 0. The van der Waals surface area contributed by atoms with Gasteiger partial charge in [0, 0.05) is 0 Å². The van der Waals surface area contributed by atoms with Gasteiger partial charge in [0.15, 0.2) is 5.75 Å². The van der Waals surface area contributed by atoms with Crippen LogP contribution in [0.2, 0.25) is 0 Å². The first kappa shape index (κ1) is 11.7. The van der Waals surface area contributed by atoms with Gasteiger partial charge in [0.1, 0.15) is 0 Å². The zero-order chi connectivity index (χ0) is 12.5. The van der Waals surface area contributed by atoms with Crippen LogP contribution in [0, 0.1) is 0 Å². The van der Waals surface area contributed by atoms with E-state index in [-0.39, 0.29) is 16.7 Å². The van der Waals surface area contributed by atoms with Crippen LogP contribution in [0.5, 0.6) is 5.75 Å². The third kappa shape index (κ3) is 2.88. The topological polar surface area (TPSA) is 98.5 Å². The highest BCUT2D eigenvalue weighted by Gasteiger charge is 2.36. The van der Waals surface area contributed by atoms with Crippen LogP contribution in [0.25, 0.3) is 0 Å². The number of carbonyl (C=O) groups is 1. The van der Waals surface area contributed by atoms with Crippen molar-refractivity contribution in [3.05, 3.63) is 24.3 Å². The van der Waals surface area contributed by atoms with Crippen LogP contribution in [0.3, 0.4) is 0 Å². The number of primary amides is 1. The molecule has 7 heteroatoms. The van der Waals surface area contributed by atoms with Crippen LogP contribution in [-0.4, -0.2) is 19.8 Å². The van der Waals surface area contributed by atoms with Gasteiger partial charge in [-0.25, -0.2) is 13.2 Å². The maximum Gasteiger partial charge on any atom is 0.410 e. The van der Waals surface area contributed by atoms with Gasteiger partial charge in [0.25, 0.3) is 0 Å². The van der Waals surface area contributed by atoms with Crippen molar-refractivity contribution in [1.82, 2.24) is 0 Å². The van der Waals surface area contributed by atoms with Gasteiger partial charge in [-0.3, -0.25) is 4.72 Å². The van der Waals surface area contributed by atoms with E-state index in [2.05, 4.69) is 4.72 Å². The number of anilines is 1. The van der Waals surface area contributed by atoms with Crippen LogP contribution < -0.4 is 15.2 Å². The van der Waals surface area contributed by atoms with Crippen LogP contribution in [0.1, 0.15) is 12.8 Å². The summed E-state index contributed by atoms with van der Waals surface area (Å²) in [5.74, 6) is 0.101. The maximum atomic E-state index is 11.7. The first-order chi connectivity index (χ1) is 7.99. The number of rotatable bonds is 4. The Bertz CT molecular complexity index is 537. The van der Waals surface area contributed by atoms with Crippen molar-refractivity contribution in [3.63, 3.8) is 0 Å². The first-order valence-corrected chi connectivity index (χ1v) is 6.61. The molecule has 0 unspecified atom stereocenters. The van der Waals surface area contributed by atoms with E-state index in [0.717, 1.165) is 0 Å². The molecule has 0 radical (unpaired) electrons. The standard InChI is InChI=1S/C10H12N2O4S/c11-10(13)16-9-4-2-1-3-8(9)12-17(14,15)7-5-6-7/h1-4,7,12H,5-6H2,(H2,11,13). The van der Waals surface area contributed by atoms with Crippen LogP contribution >= 0.6 is 0 Å². The Kier molecular flexibility index (Phi) is 2.93. The molecule has 1 aliphatic rings. The number of amides is 1. The Morgan fingerprint density at radius 2 is 2.00 bits per heavy atom. The molecule has 0 aliphatic heterocycles. The first-order valence-electron chi connectivity index (χ1n) is 5.07. The highest BCUT2D eigenvalue weighted by atomic mass is 32.2. The number of benzene rings is 1. The fourth-order valence-corrected chi connectivity index (χ4v) is 2.76. The molecule has 1 aromatic rings. The van der Waals surface area contributed by atoms with Crippen LogP contribution in [-0.2, 0) is 10.0 Å². The van der Waals surface area contributed by atoms with E-state index in [4.69, 9.17) is 10.5 Å². The lowest BCUT2D eigenvalue weighted by Gasteiger charge is -2.10. The summed E-state index contributed by atoms with van der Waals surface area (Å²) in [4.78, 5) is 10.7. The highest BCUT2D eigenvalue weighted by molar-refractivity contribution is 7.93. The zero-order valence-electron chi connectivity index (χ0n) is 8.92. The monoisotopic (exact) mass is 256 g/mol. The molecule has 0 saturated heterocycles. The van der Waals surface area contributed by atoms with Crippen molar-refractivity contribution >= 4 is 21.8 Å². The lowest BCUT2D eigenvalue weighted by atomic mass is 10.3. The Balaban J connectivity index is 2.22. The van der Waals surface area contributed by atoms with Gasteiger partial charge in [-0.2, -0.15) is 0 Å². The Morgan fingerprint density at radius 1 is 1.35 bits per heavy atom. The third-order valence-electron chi connectivity index (χ3n) is 2.31. The van der Waals surface area contributed by atoms with E-state index in [1.54, 1.807) is 12.1 Å². The summed E-state index contributed by atoms with van der Waals surface area (Å²) < 4.78 is 30.5. The number of nitrogens with one attached hydrogen (secondary N) is 1. The Morgan fingerprint density at radius 3 is 2.59 bits per heavy atom. The number of hydrogen-bond acceptors (Lipinski definition) is 4. The molecule has 1 fully saturated rings. The Hall–Kier alpha value is -1.76. The summed E-state index contributed by atoms with van der Waals surface area (Å²) in [6.45, 7) is 0. The van der Waals surface area contributed by atoms with Crippen molar-refractivity contribution in [2.24, 2.45) is 5.73 Å². The molecule has 17 heavy (non-hydrogen) atoms. The average Bonchev–Trinajstić information content (AvgIpc) is 3.03. The largest absolute Gasteiger partial charge is 0.410 e. The minimum atomic E-state index is -3.38. The van der Waals surface area contributed by atoms with Gasteiger partial charge < -0.3 is 10.5 Å². The van der Waals surface area contributed by atoms with E-state index in [1.165, 1.54) is 12.1 Å². The summed E-state index contributed by atoms with van der Waals surface area (Å²) in [6, 6.07) is 6.24. The molecule has 6 nitrogen and oxygen atoms in total. The van der Waals surface area contributed by atoms with Gasteiger partial charge in [-0.1, -0.05) is 12.1 Å². The summed E-state index contributed by atoms with van der Waals surface area (Å²) in [5, 5.41) is -0.343. The van der Waals surface area contributed by atoms with Crippen LogP contribution in [0.15, 0.2) is 24.3 Å². The molecule has 0 spiro atoms. The number of hydrogen-bond donors (Lipinski definition) is 2. The van der Waals surface area contributed by atoms with Crippen LogP contribution in [0.4, 0.5) is 10.5 Å². The minimum absolute atomic E-state index is 0.101. The number of sulfonamides is 1. The van der Waals surface area contributed by atoms with Crippen molar-refractivity contribution in [2.75, 3.05) is 4.72 Å². The zero-order valence-corrected chi connectivity index (χ0v) is 9.74. The van der Waals surface area contributed by atoms with E-state index in [9.17, 15) is 13.2 Å². The second kappa shape index (κ2) is 4.25. The van der Waals surface area contributed by atoms with Crippen molar-refractivity contribution in [1.29, 1.82) is 0 Å². The summed E-state index contributed by atoms with van der Waals surface area (Å²) in [5.41, 5.74) is 5.11. The highest BCUT2D eigenvalue weighted by Crippen LogP contribution is 2.32. The molecule has 1 aliphatic carbocycles. The van der Waals surface area contributed by atoms with E-state index >= 15 is 0 Å². The third-order valence-corrected chi connectivity index (χ3v) is 4.17. The van der Waals surface area contributed by atoms with Gasteiger partial charge >= 0.3 is 6.09 Å². The van der Waals surface area contributed by atoms with Crippen molar-refractivity contribution in [2.45, 2.75) is 18.1 Å². The summed E-state index contributed by atoms with van der Waals surface area (Å²) in [6.07, 6.45) is 0.339. The van der Waals surface area contributed by atoms with E-state index < -0.39 is 16.1 Å². The number of carbonyl (C=O) groups excluding carboxylic acids is 1. The molecule has 0 atom stereocenters. The average molecular weight is 256 g/mol. The predicted octanol–water partition coefficient (Wildman–Crippen LogP) is 1.05. The fraction of sp³-hybridized carbons (Fsp3) is 0.300. The molecule has 1 amide bonds. The van der Waals surface area contributed by atoms with Gasteiger partial charge in [0.2, 0.25) is 10.0 Å². The number of para-hydroxylation sites is 2. The van der Waals surface area contributed by atoms with E-state index in [1.807, 2.05) is 0 Å². The lowest BCUT2D eigenvalue weighted by Crippen LogP contribution is -2.20. The second-order valence-corrected chi connectivity index (χ2v) is 5.72. The van der Waals surface area contributed by atoms with Gasteiger partial charge in [-0.15, -0.1) is 0 Å². The second-order valence-electron chi connectivity index (χ2n) is 3.76. The predicted molar refractivity (Wildman–Crippen MR) is 62.2 cm³/mol. The number of nitrogens with two attached hydrogens (primary N) is 1. The molecule has 2 rings (SSSR count). The van der Waals surface area contributed by atoms with Crippen molar-refractivity contribution in [3.8, 4) is 5.75 Å². The fourth-order valence-electron chi connectivity index (χ4n) is 1.36. The van der Waals surface area contributed by atoms with E-state index in [0.29, 0.717) is 12.8 Å². The molecular formula is C10H12N2O4S. The quantitative estimate of drug-likeness (QED) is 0.841. The van der Waals surface area contributed by atoms with Gasteiger partial charge in [0.05, 0.1) is 10.9 Å². The SMILES string of the molecule is NC(=O)Oc1ccccc1NS(=O)(=O)C1CC1. The molecule has 0 bridgehead atoms. The molecular weight excluding hydrogens is 244 g/mol. The smallest absolute Gasteiger partial charge is 0.408 e. The van der Waals surface area contributed by atoms with Gasteiger partial charge in [-0.05, 0) is 25.0 Å². The maximum absolute atomic E-state index is 11.7. The Labute approximate surface area is 98.8 Å². The molecule has 0 aromatic heterocycles. The van der Waals surface area contributed by atoms with Crippen molar-refractivity contribution < 1.29 is 17.9 Å². The lowest BCUT2D eigenvalue weighted by molar-refractivity contribution is 0.211. The normalized spacial score (nSPS) is 15.3. The molecule has 1 aromatic carbocycles.